The molecular weight excluding hydrogens is 252 g/mol. The van der Waals surface area contributed by atoms with Crippen LogP contribution in [0.2, 0.25) is 0 Å². The molecule has 0 fully saturated rings. The van der Waals surface area contributed by atoms with Crippen LogP contribution >= 0.6 is 0 Å². The van der Waals surface area contributed by atoms with Gasteiger partial charge in [-0.3, -0.25) is 9.20 Å². The van der Waals surface area contributed by atoms with Crippen LogP contribution in [0.4, 0.5) is 5.69 Å². The molecule has 4 aromatic rings. The summed E-state index contributed by atoms with van der Waals surface area (Å²) in [6, 6.07) is 14.9. The van der Waals surface area contributed by atoms with E-state index in [4.69, 9.17) is 5.53 Å². The maximum atomic E-state index is 12.3. The summed E-state index contributed by atoms with van der Waals surface area (Å²) in [6.45, 7) is 0. The van der Waals surface area contributed by atoms with Gasteiger partial charge in [-0.2, -0.15) is 0 Å². The van der Waals surface area contributed by atoms with Gasteiger partial charge in [0.15, 0.2) is 0 Å². The number of aromatic nitrogens is 1. The number of fused-ring (bicyclic) bond motifs is 3. The summed E-state index contributed by atoms with van der Waals surface area (Å²) >= 11 is 0. The highest BCUT2D eigenvalue weighted by Gasteiger charge is 2.14. The fourth-order valence-electron chi connectivity index (χ4n) is 2.84. The molecule has 0 unspecified atom stereocenters. The molecule has 0 bridgehead atoms. The van der Waals surface area contributed by atoms with Crippen molar-refractivity contribution < 1.29 is 0 Å². The molecule has 5 heteroatoms. The lowest BCUT2D eigenvalue weighted by Crippen LogP contribution is -2.10. The lowest BCUT2D eigenvalue weighted by molar-refractivity contribution is 1.18. The second kappa shape index (κ2) is 3.73. The van der Waals surface area contributed by atoms with E-state index in [1.165, 1.54) is 6.07 Å². The van der Waals surface area contributed by atoms with Crippen molar-refractivity contribution >= 4 is 32.9 Å². The topological polar surface area (TPSA) is 70.2 Å². The lowest BCUT2D eigenvalue weighted by Gasteiger charge is -2.02. The number of azide groups is 1. The summed E-state index contributed by atoms with van der Waals surface area (Å²) in [5.41, 5.74) is 10.5. The normalized spacial score (nSPS) is 11.2. The lowest BCUT2D eigenvalue weighted by atomic mass is 10.1. The van der Waals surface area contributed by atoms with Gasteiger partial charge in [-0.05, 0) is 11.6 Å². The van der Waals surface area contributed by atoms with Crippen molar-refractivity contribution in [2.45, 2.75) is 0 Å². The zero-order chi connectivity index (χ0) is 13.7. The second-order valence-electron chi connectivity index (χ2n) is 4.61. The highest BCUT2D eigenvalue weighted by atomic mass is 16.1. The summed E-state index contributed by atoms with van der Waals surface area (Å²) in [5.74, 6) is 0. The number of hydrogen-bond donors (Lipinski definition) is 0. The molecule has 0 aliphatic heterocycles. The Morgan fingerprint density at radius 1 is 1.00 bits per heavy atom. The standard InChI is InChI=1S/C15H8N4O/c16-18-17-12-8-14(20)19-13-7-2-1-4-9(13)10-5-3-6-11(12)15(10)19/h1-8H. The fourth-order valence-corrected chi connectivity index (χ4v) is 2.84. The van der Waals surface area contributed by atoms with Gasteiger partial charge < -0.3 is 0 Å². The van der Waals surface area contributed by atoms with Gasteiger partial charge in [-0.25, -0.2) is 0 Å². The Labute approximate surface area is 112 Å². The van der Waals surface area contributed by atoms with E-state index in [1.54, 1.807) is 4.40 Å². The van der Waals surface area contributed by atoms with Crippen molar-refractivity contribution in [3.8, 4) is 0 Å². The number of nitrogens with zero attached hydrogens (tertiary/aromatic N) is 4. The van der Waals surface area contributed by atoms with Crippen LogP contribution in [0.3, 0.4) is 0 Å². The molecule has 94 valence electrons. The Balaban J connectivity index is 2.45. The van der Waals surface area contributed by atoms with Gasteiger partial charge in [0.1, 0.15) is 0 Å². The molecule has 0 aliphatic carbocycles. The van der Waals surface area contributed by atoms with E-state index in [2.05, 4.69) is 10.0 Å². The van der Waals surface area contributed by atoms with Gasteiger partial charge in [0, 0.05) is 27.1 Å². The maximum Gasteiger partial charge on any atom is 0.256 e. The fraction of sp³-hybridized carbons (Fsp3) is 0. The molecule has 0 atom stereocenters. The molecule has 4 rings (SSSR count). The molecule has 0 aliphatic rings. The highest BCUT2D eigenvalue weighted by molar-refractivity contribution is 6.15. The third-order valence-corrected chi connectivity index (χ3v) is 3.60. The van der Waals surface area contributed by atoms with Crippen LogP contribution in [0.25, 0.3) is 37.6 Å². The first kappa shape index (κ1) is 10.8. The van der Waals surface area contributed by atoms with Gasteiger partial charge in [0.05, 0.1) is 16.7 Å². The predicted octanol–water partition coefficient (Wildman–Crippen LogP) is 3.99. The average molecular weight is 260 g/mol. The minimum absolute atomic E-state index is 0.183. The minimum Gasteiger partial charge on any atom is -0.276 e. The molecule has 2 aromatic carbocycles. The average Bonchev–Trinajstić information content (AvgIpc) is 2.81. The molecule has 2 heterocycles. The highest BCUT2D eigenvalue weighted by Crippen LogP contribution is 2.34. The van der Waals surface area contributed by atoms with Crippen molar-refractivity contribution in [2.75, 3.05) is 0 Å². The third kappa shape index (κ3) is 1.22. The predicted molar refractivity (Wildman–Crippen MR) is 78.7 cm³/mol. The van der Waals surface area contributed by atoms with Crippen LogP contribution in [0, 0.1) is 0 Å². The van der Waals surface area contributed by atoms with E-state index in [9.17, 15) is 4.79 Å². The second-order valence-corrected chi connectivity index (χ2v) is 4.61. The summed E-state index contributed by atoms with van der Waals surface area (Å²) in [7, 11) is 0. The molecule has 0 saturated heterocycles. The Kier molecular flexibility index (Phi) is 2.02. The third-order valence-electron chi connectivity index (χ3n) is 3.60. The summed E-state index contributed by atoms with van der Waals surface area (Å²) < 4.78 is 1.68. The number of pyridine rings is 1. The molecule has 5 nitrogen and oxygen atoms in total. The number of hydrogen-bond acceptors (Lipinski definition) is 2. The Morgan fingerprint density at radius 3 is 2.60 bits per heavy atom. The van der Waals surface area contributed by atoms with Crippen molar-refractivity contribution in [3.05, 3.63) is 69.3 Å². The first-order chi connectivity index (χ1) is 9.81. The summed E-state index contributed by atoms with van der Waals surface area (Å²) in [6.07, 6.45) is 0. The van der Waals surface area contributed by atoms with Crippen LogP contribution in [0.15, 0.2) is 58.4 Å². The van der Waals surface area contributed by atoms with Crippen molar-refractivity contribution in [1.29, 1.82) is 0 Å². The maximum absolute atomic E-state index is 12.3. The Hall–Kier alpha value is -3.04. The number of benzene rings is 2. The molecule has 0 saturated carbocycles. The monoisotopic (exact) mass is 260 g/mol. The zero-order valence-electron chi connectivity index (χ0n) is 10.3. The van der Waals surface area contributed by atoms with E-state index in [-0.39, 0.29) is 5.56 Å². The van der Waals surface area contributed by atoms with Crippen molar-refractivity contribution in [2.24, 2.45) is 5.11 Å². The van der Waals surface area contributed by atoms with Crippen LogP contribution < -0.4 is 5.56 Å². The van der Waals surface area contributed by atoms with Gasteiger partial charge in [-0.1, -0.05) is 41.5 Å². The van der Waals surface area contributed by atoms with Gasteiger partial charge in [-0.15, -0.1) is 0 Å². The first-order valence-corrected chi connectivity index (χ1v) is 6.15. The van der Waals surface area contributed by atoms with Crippen LogP contribution in [-0.4, -0.2) is 4.40 Å². The van der Waals surface area contributed by atoms with Crippen molar-refractivity contribution in [1.82, 2.24) is 4.40 Å². The van der Waals surface area contributed by atoms with Gasteiger partial charge in [0.25, 0.3) is 5.56 Å². The van der Waals surface area contributed by atoms with E-state index >= 15 is 0 Å². The van der Waals surface area contributed by atoms with Crippen LogP contribution in [-0.2, 0) is 0 Å². The quantitative estimate of drug-likeness (QED) is 0.290. The van der Waals surface area contributed by atoms with E-state index in [1.807, 2.05) is 42.5 Å². The molecule has 2 aromatic heterocycles. The zero-order valence-corrected chi connectivity index (χ0v) is 10.3. The van der Waals surface area contributed by atoms with E-state index in [0.717, 1.165) is 27.2 Å². The summed E-state index contributed by atoms with van der Waals surface area (Å²) in [5, 5.41) is 6.44. The molecule has 0 spiro atoms. The molecule has 0 amide bonds. The molecule has 20 heavy (non-hydrogen) atoms. The number of para-hydroxylation sites is 2. The first-order valence-electron chi connectivity index (χ1n) is 6.15. The summed E-state index contributed by atoms with van der Waals surface area (Å²) in [4.78, 5) is 15.1. The largest absolute Gasteiger partial charge is 0.276 e. The smallest absolute Gasteiger partial charge is 0.256 e. The molecular formula is C15H8N4O. The van der Waals surface area contributed by atoms with Crippen molar-refractivity contribution in [3.63, 3.8) is 0 Å². The minimum atomic E-state index is -0.183. The Morgan fingerprint density at radius 2 is 1.75 bits per heavy atom. The number of rotatable bonds is 1. The van der Waals surface area contributed by atoms with Crippen LogP contribution in [0.5, 0.6) is 0 Å². The Bertz CT molecular complexity index is 1070. The molecule has 0 radical (unpaired) electrons. The SMILES string of the molecule is [N-]=[N+]=Nc1cc(=O)n2c3ccccc3c3cccc1c32. The van der Waals surface area contributed by atoms with Gasteiger partial charge >= 0.3 is 0 Å². The molecule has 0 N–H and O–H groups in total. The van der Waals surface area contributed by atoms with E-state index in [0.29, 0.717) is 5.69 Å². The van der Waals surface area contributed by atoms with Gasteiger partial charge in [0.2, 0.25) is 0 Å². The van der Waals surface area contributed by atoms with E-state index < -0.39 is 0 Å². The van der Waals surface area contributed by atoms with Crippen LogP contribution in [0.1, 0.15) is 0 Å².